The summed E-state index contributed by atoms with van der Waals surface area (Å²) in [5.74, 6) is 0.477. The van der Waals surface area contributed by atoms with Crippen molar-refractivity contribution >= 4 is 23.1 Å². The number of ether oxygens (including phenoxy) is 2. The van der Waals surface area contributed by atoms with E-state index in [2.05, 4.69) is 0 Å². The summed E-state index contributed by atoms with van der Waals surface area (Å²) < 4.78 is 10.7. The Kier molecular flexibility index (Phi) is 5.68. The SMILES string of the molecule is CCN1C(=O)C(c2ccc(OC)c(OC)c2)=C(N(CC)c2ccccc2)C1=O. The molecule has 0 radical (unpaired) electrons. The Morgan fingerprint density at radius 1 is 0.893 bits per heavy atom. The minimum atomic E-state index is -0.302. The number of carbonyl (C=O) groups is 2. The van der Waals surface area contributed by atoms with Crippen LogP contribution in [0, 0.1) is 0 Å². The Hall–Kier alpha value is -3.28. The average Bonchev–Trinajstić information content (AvgIpc) is 2.98. The van der Waals surface area contributed by atoms with Gasteiger partial charge in [0, 0.05) is 18.8 Å². The van der Waals surface area contributed by atoms with Gasteiger partial charge in [-0.1, -0.05) is 24.3 Å². The van der Waals surface area contributed by atoms with Gasteiger partial charge in [0.1, 0.15) is 5.70 Å². The largest absolute Gasteiger partial charge is 0.493 e. The third-order valence-corrected chi connectivity index (χ3v) is 4.79. The van der Waals surface area contributed by atoms with Crippen LogP contribution < -0.4 is 14.4 Å². The molecular formula is C22H24N2O4. The Morgan fingerprint density at radius 2 is 1.57 bits per heavy atom. The molecule has 1 aliphatic rings. The predicted octanol–water partition coefficient (Wildman–Crippen LogP) is 3.33. The second-order valence-electron chi connectivity index (χ2n) is 6.23. The lowest BCUT2D eigenvalue weighted by molar-refractivity contribution is -0.136. The molecule has 6 heteroatoms. The van der Waals surface area contributed by atoms with Crippen molar-refractivity contribution < 1.29 is 19.1 Å². The predicted molar refractivity (Wildman–Crippen MR) is 108 cm³/mol. The van der Waals surface area contributed by atoms with Gasteiger partial charge in [-0.3, -0.25) is 14.5 Å². The van der Waals surface area contributed by atoms with Crippen molar-refractivity contribution in [3.05, 3.63) is 59.8 Å². The van der Waals surface area contributed by atoms with Gasteiger partial charge in [0.15, 0.2) is 11.5 Å². The van der Waals surface area contributed by atoms with Crippen molar-refractivity contribution in [2.45, 2.75) is 13.8 Å². The molecule has 0 spiro atoms. The molecular weight excluding hydrogens is 356 g/mol. The van der Waals surface area contributed by atoms with Crippen LogP contribution in [0.25, 0.3) is 5.57 Å². The molecule has 2 aromatic carbocycles. The molecule has 3 rings (SSSR count). The van der Waals surface area contributed by atoms with Crippen LogP contribution in [0.2, 0.25) is 0 Å². The lowest BCUT2D eigenvalue weighted by Crippen LogP contribution is -2.35. The van der Waals surface area contributed by atoms with Crippen molar-refractivity contribution in [1.82, 2.24) is 4.90 Å². The monoisotopic (exact) mass is 380 g/mol. The summed E-state index contributed by atoms with van der Waals surface area (Å²) in [6.07, 6.45) is 0. The van der Waals surface area contributed by atoms with Crippen molar-refractivity contribution in [2.24, 2.45) is 0 Å². The normalized spacial score (nSPS) is 13.9. The van der Waals surface area contributed by atoms with Gasteiger partial charge in [0.2, 0.25) is 0 Å². The summed E-state index contributed by atoms with van der Waals surface area (Å²) in [4.78, 5) is 29.4. The maximum atomic E-state index is 13.1. The highest BCUT2D eigenvalue weighted by atomic mass is 16.5. The second kappa shape index (κ2) is 8.17. The first-order valence-corrected chi connectivity index (χ1v) is 9.22. The second-order valence-corrected chi connectivity index (χ2v) is 6.23. The summed E-state index contributed by atoms with van der Waals surface area (Å²) >= 11 is 0. The lowest BCUT2D eigenvalue weighted by Gasteiger charge is -2.24. The first-order valence-electron chi connectivity index (χ1n) is 9.22. The van der Waals surface area contributed by atoms with Crippen LogP contribution in [0.5, 0.6) is 11.5 Å². The number of carbonyl (C=O) groups excluding carboxylic acids is 2. The fraction of sp³-hybridized carbons (Fsp3) is 0.273. The molecule has 0 fully saturated rings. The van der Waals surface area contributed by atoms with E-state index in [9.17, 15) is 9.59 Å². The molecule has 2 amide bonds. The zero-order chi connectivity index (χ0) is 20.3. The number of nitrogens with zero attached hydrogens (tertiary/aromatic N) is 2. The number of amides is 2. The first-order chi connectivity index (χ1) is 13.6. The highest BCUT2D eigenvalue weighted by Gasteiger charge is 2.41. The van der Waals surface area contributed by atoms with Crippen LogP contribution in [0.15, 0.2) is 54.2 Å². The zero-order valence-electron chi connectivity index (χ0n) is 16.6. The lowest BCUT2D eigenvalue weighted by atomic mass is 10.0. The number of rotatable bonds is 7. The molecule has 0 aromatic heterocycles. The summed E-state index contributed by atoms with van der Waals surface area (Å²) in [7, 11) is 3.10. The first kappa shape index (κ1) is 19.5. The van der Waals surface area contributed by atoms with Crippen molar-refractivity contribution in [3.63, 3.8) is 0 Å². The average molecular weight is 380 g/mol. The molecule has 0 N–H and O–H groups in total. The molecule has 0 unspecified atom stereocenters. The molecule has 0 saturated carbocycles. The van der Waals surface area contributed by atoms with E-state index < -0.39 is 0 Å². The minimum absolute atomic E-state index is 0.289. The van der Waals surface area contributed by atoms with E-state index in [0.717, 1.165) is 5.69 Å². The Balaban J connectivity index is 2.22. The zero-order valence-corrected chi connectivity index (χ0v) is 16.6. The van der Waals surface area contributed by atoms with Crippen LogP contribution in [0.3, 0.4) is 0 Å². The van der Waals surface area contributed by atoms with E-state index >= 15 is 0 Å². The number of hydrogen-bond donors (Lipinski definition) is 0. The fourth-order valence-electron chi connectivity index (χ4n) is 3.43. The molecule has 28 heavy (non-hydrogen) atoms. The molecule has 0 bridgehead atoms. The number of anilines is 1. The van der Waals surface area contributed by atoms with E-state index in [1.165, 1.54) is 4.90 Å². The fourth-order valence-corrected chi connectivity index (χ4v) is 3.43. The number of imide groups is 1. The topological polar surface area (TPSA) is 59.1 Å². The maximum Gasteiger partial charge on any atom is 0.278 e. The van der Waals surface area contributed by atoms with Gasteiger partial charge in [-0.15, -0.1) is 0 Å². The summed E-state index contributed by atoms with van der Waals surface area (Å²) in [6, 6.07) is 14.8. The number of para-hydroxylation sites is 1. The van der Waals surface area contributed by atoms with E-state index in [1.54, 1.807) is 39.3 Å². The Labute approximate surface area is 165 Å². The molecule has 146 valence electrons. The minimum Gasteiger partial charge on any atom is -0.493 e. The van der Waals surface area contributed by atoms with Gasteiger partial charge in [-0.25, -0.2) is 0 Å². The molecule has 0 atom stereocenters. The molecule has 0 saturated heterocycles. The van der Waals surface area contributed by atoms with Gasteiger partial charge < -0.3 is 14.4 Å². The third-order valence-electron chi connectivity index (χ3n) is 4.79. The van der Waals surface area contributed by atoms with Crippen molar-refractivity contribution in [2.75, 3.05) is 32.2 Å². The van der Waals surface area contributed by atoms with E-state index in [-0.39, 0.29) is 11.8 Å². The standard InChI is InChI=1S/C22H24N2O4/c1-5-23(16-10-8-7-9-11-16)20-19(21(25)24(6-2)22(20)26)15-12-13-17(27-3)18(14-15)28-4/h7-14H,5-6H2,1-4H3. The maximum absolute atomic E-state index is 13.1. The van der Waals surface area contributed by atoms with E-state index in [1.807, 2.05) is 42.2 Å². The molecule has 0 aliphatic carbocycles. The van der Waals surface area contributed by atoms with Gasteiger partial charge in [0.25, 0.3) is 11.8 Å². The molecule has 1 aliphatic heterocycles. The highest BCUT2D eigenvalue weighted by molar-refractivity contribution is 6.36. The Bertz CT molecular complexity index is 921. The van der Waals surface area contributed by atoms with E-state index in [0.29, 0.717) is 41.4 Å². The molecule has 2 aromatic rings. The van der Waals surface area contributed by atoms with Crippen LogP contribution in [0.4, 0.5) is 5.69 Å². The number of hydrogen-bond acceptors (Lipinski definition) is 5. The summed E-state index contributed by atoms with van der Waals surface area (Å²) in [5.41, 5.74) is 2.24. The van der Waals surface area contributed by atoms with Crippen LogP contribution in [0.1, 0.15) is 19.4 Å². The van der Waals surface area contributed by atoms with Gasteiger partial charge in [0.05, 0.1) is 19.8 Å². The number of benzene rings is 2. The quantitative estimate of drug-likeness (QED) is 0.690. The highest BCUT2D eigenvalue weighted by Crippen LogP contribution is 2.37. The number of likely N-dealkylation sites (N-methyl/N-ethyl adjacent to an activating group) is 2. The van der Waals surface area contributed by atoms with Crippen LogP contribution in [-0.2, 0) is 9.59 Å². The molecule has 1 heterocycles. The van der Waals surface area contributed by atoms with E-state index in [4.69, 9.17) is 9.47 Å². The summed E-state index contributed by atoms with van der Waals surface area (Å²) in [5, 5.41) is 0. The van der Waals surface area contributed by atoms with Gasteiger partial charge in [-0.2, -0.15) is 0 Å². The van der Waals surface area contributed by atoms with Crippen LogP contribution >= 0.6 is 0 Å². The molecule has 6 nitrogen and oxygen atoms in total. The van der Waals surface area contributed by atoms with Crippen molar-refractivity contribution in [1.29, 1.82) is 0 Å². The Morgan fingerprint density at radius 3 is 2.14 bits per heavy atom. The van der Waals surface area contributed by atoms with Crippen LogP contribution in [-0.4, -0.2) is 44.0 Å². The summed E-state index contributed by atoms with van der Waals surface area (Å²) in [6.45, 7) is 4.61. The van der Waals surface area contributed by atoms with Gasteiger partial charge >= 0.3 is 0 Å². The van der Waals surface area contributed by atoms with Gasteiger partial charge in [-0.05, 0) is 43.7 Å². The van der Waals surface area contributed by atoms with Crippen molar-refractivity contribution in [3.8, 4) is 11.5 Å². The third kappa shape index (κ3) is 3.22. The smallest absolute Gasteiger partial charge is 0.278 e. The number of methoxy groups -OCH3 is 2.